The van der Waals surface area contributed by atoms with Crippen molar-refractivity contribution in [3.05, 3.63) is 22.2 Å². The first kappa shape index (κ1) is 17.9. The highest BCUT2D eigenvalue weighted by Crippen LogP contribution is 2.29. The van der Waals surface area contributed by atoms with Crippen LogP contribution in [0.15, 0.2) is 21.5 Å². The summed E-state index contributed by atoms with van der Waals surface area (Å²) < 4.78 is 31.8. The summed E-state index contributed by atoms with van der Waals surface area (Å²) in [6, 6.07) is 2.64. The Bertz CT molecular complexity index is 644. The number of halogens is 1. The van der Waals surface area contributed by atoms with Gasteiger partial charge in [-0.05, 0) is 54.4 Å². The summed E-state index contributed by atoms with van der Waals surface area (Å²) in [5.74, 6) is -0.616. The van der Waals surface area contributed by atoms with Crippen molar-refractivity contribution in [3.8, 4) is 0 Å². The molecule has 0 atom stereocenters. The van der Waals surface area contributed by atoms with E-state index in [0.29, 0.717) is 15.7 Å². The van der Waals surface area contributed by atoms with E-state index in [9.17, 15) is 13.2 Å². The van der Waals surface area contributed by atoms with Crippen molar-refractivity contribution in [1.29, 1.82) is 0 Å². The molecule has 118 valence electrons. The lowest BCUT2D eigenvalue weighted by molar-refractivity contribution is -0.141. The van der Waals surface area contributed by atoms with Crippen LogP contribution in [-0.2, 0) is 19.6 Å². The standard InChI is InChI=1S/C13H19BrN2O4S/c1-8(2)16(7-13(17)20-4)21(18,19)12-6-11(15)10(14)5-9(12)3/h5-6,8H,7,15H2,1-4H3. The molecule has 8 heteroatoms. The zero-order valence-corrected chi connectivity index (χ0v) is 14.8. The molecular weight excluding hydrogens is 360 g/mol. The van der Waals surface area contributed by atoms with Crippen LogP contribution < -0.4 is 5.73 Å². The molecule has 0 fully saturated rings. The quantitative estimate of drug-likeness (QED) is 0.624. The molecule has 1 rings (SSSR count). The number of carbonyl (C=O) groups is 1. The number of esters is 1. The second-order valence-electron chi connectivity index (χ2n) is 4.86. The van der Waals surface area contributed by atoms with Gasteiger partial charge in [0.25, 0.3) is 0 Å². The lowest BCUT2D eigenvalue weighted by Crippen LogP contribution is -2.41. The molecule has 0 aromatic heterocycles. The number of rotatable bonds is 5. The number of anilines is 1. The summed E-state index contributed by atoms with van der Waals surface area (Å²) in [6.45, 7) is 4.72. The smallest absolute Gasteiger partial charge is 0.321 e. The minimum absolute atomic E-state index is 0.0841. The van der Waals surface area contributed by atoms with E-state index in [1.165, 1.54) is 13.2 Å². The van der Waals surface area contributed by atoms with E-state index in [-0.39, 0.29) is 11.4 Å². The third kappa shape index (κ3) is 3.96. The molecule has 0 heterocycles. The number of carbonyl (C=O) groups excluding carboxylic acids is 1. The Morgan fingerprint density at radius 2 is 2.00 bits per heavy atom. The number of hydrogen-bond acceptors (Lipinski definition) is 5. The van der Waals surface area contributed by atoms with Crippen LogP contribution in [0.3, 0.4) is 0 Å². The number of sulfonamides is 1. The van der Waals surface area contributed by atoms with Crippen molar-refractivity contribution in [1.82, 2.24) is 4.31 Å². The molecule has 0 saturated heterocycles. The van der Waals surface area contributed by atoms with Gasteiger partial charge < -0.3 is 10.5 Å². The zero-order chi connectivity index (χ0) is 16.4. The van der Waals surface area contributed by atoms with Crippen LogP contribution in [0.5, 0.6) is 0 Å². The van der Waals surface area contributed by atoms with E-state index in [1.807, 2.05) is 0 Å². The van der Waals surface area contributed by atoms with Gasteiger partial charge in [0.1, 0.15) is 6.54 Å². The fourth-order valence-corrected chi connectivity index (χ4v) is 4.09. The number of hydrogen-bond donors (Lipinski definition) is 1. The number of nitrogens with zero attached hydrogens (tertiary/aromatic N) is 1. The van der Waals surface area contributed by atoms with Crippen molar-refractivity contribution in [2.45, 2.75) is 31.7 Å². The minimum Gasteiger partial charge on any atom is -0.468 e. The molecule has 0 bridgehead atoms. The number of nitrogens with two attached hydrogens (primary N) is 1. The van der Waals surface area contributed by atoms with Crippen molar-refractivity contribution >= 4 is 37.6 Å². The Morgan fingerprint density at radius 3 is 2.48 bits per heavy atom. The third-order valence-electron chi connectivity index (χ3n) is 2.97. The van der Waals surface area contributed by atoms with E-state index < -0.39 is 22.0 Å². The molecule has 0 aliphatic carbocycles. The molecular formula is C13H19BrN2O4S. The van der Waals surface area contributed by atoms with Gasteiger partial charge in [0.2, 0.25) is 10.0 Å². The van der Waals surface area contributed by atoms with E-state index in [0.717, 1.165) is 4.31 Å². The summed E-state index contributed by atoms with van der Waals surface area (Å²) in [5, 5.41) is 0. The fourth-order valence-electron chi connectivity index (χ4n) is 1.81. The van der Waals surface area contributed by atoms with Crippen molar-refractivity contribution < 1.29 is 17.9 Å². The summed E-state index contributed by atoms with van der Waals surface area (Å²) in [5.41, 5.74) is 6.64. The molecule has 0 unspecified atom stereocenters. The maximum Gasteiger partial charge on any atom is 0.321 e. The van der Waals surface area contributed by atoms with E-state index in [1.54, 1.807) is 26.8 Å². The Balaban J connectivity index is 3.36. The lowest BCUT2D eigenvalue weighted by Gasteiger charge is -2.25. The maximum atomic E-state index is 12.8. The van der Waals surface area contributed by atoms with Gasteiger partial charge in [-0.2, -0.15) is 4.31 Å². The fraction of sp³-hybridized carbons (Fsp3) is 0.462. The topological polar surface area (TPSA) is 89.7 Å². The van der Waals surface area contributed by atoms with Gasteiger partial charge in [-0.25, -0.2) is 8.42 Å². The third-order valence-corrected chi connectivity index (χ3v) is 5.82. The Labute approximate surface area is 133 Å². The van der Waals surface area contributed by atoms with Gasteiger partial charge in [-0.3, -0.25) is 4.79 Å². The summed E-state index contributed by atoms with van der Waals surface area (Å²) in [4.78, 5) is 11.5. The summed E-state index contributed by atoms with van der Waals surface area (Å²) in [7, 11) is -2.63. The molecule has 0 aliphatic rings. The lowest BCUT2D eigenvalue weighted by atomic mass is 10.2. The highest BCUT2D eigenvalue weighted by molar-refractivity contribution is 9.10. The van der Waals surface area contributed by atoms with Gasteiger partial charge in [0.15, 0.2) is 0 Å². The van der Waals surface area contributed by atoms with E-state index >= 15 is 0 Å². The van der Waals surface area contributed by atoms with E-state index in [4.69, 9.17) is 5.73 Å². The molecule has 6 nitrogen and oxygen atoms in total. The summed E-state index contributed by atoms with van der Waals surface area (Å²) >= 11 is 3.26. The van der Waals surface area contributed by atoms with Gasteiger partial charge in [0, 0.05) is 16.2 Å². The number of nitrogen functional groups attached to an aromatic ring is 1. The van der Waals surface area contributed by atoms with Crippen LogP contribution in [0.1, 0.15) is 19.4 Å². The number of ether oxygens (including phenoxy) is 1. The number of benzene rings is 1. The molecule has 21 heavy (non-hydrogen) atoms. The van der Waals surface area contributed by atoms with Crippen LogP contribution >= 0.6 is 15.9 Å². The van der Waals surface area contributed by atoms with E-state index in [2.05, 4.69) is 20.7 Å². The first-order valence-electron chi connectivity index (χ1n) is 6.25. The molecule has 1 aromatic carbocycles. The molecule has 0 aliphatic heterocycles. The van der Waals surface area contributed by atoms with Crippen LogP contribution in [0, 0.1) is 6.92 Å². The minimum atomic E-state index is -3.84. The maximum absolute atomic E-state index is 12.8. The average molecular weight is 379 g/mol. The highest BCUT2D eigenvalue weighted by atomic mass is 79.9. The molecule has 1 aromatic rings. The van der Waals surface area contributed by atoms with Crippen LogP contribution in [0.2, 0.25) is 0 Å². The molecule has 2 N–H and O–H groups in total. The monoisotopic (exact) mass is 378 g/mol. The van der Waals surface area contributed by atoms with Gasteiger partial charge in [-0.1, -0.05) is 0 Å². The van der Waals surface area contributed by atoms with Gasteiger partial charge in [0.05, 0.1) is 12.0 Å². The molecule has 0 saturated carbocycles. The second kappa shape index (κ2) is 6.76. The first-order valence-corrected chi connectivity index (χ1v) is 8.48. The number of aryl methyl sites for hydroxylation is 1. The van der Waals surface area contributed by atoms with Crippen LogP contribution in [-0.4, -0.2) is 38.4 Å². The van der Waals surface area contributed by atoms with Crippen LogP contribution in [0.4, 0.5) is 5.69 Å². The predicted octanol–water partition coefficient (Wildman–Crippen LogP) is 1.91. The SMILES string of the molecule is COC(=O)CN(C(C)C)S(=O)(=O)c1cc(N)c(Br)cc1C. The van der Waals surface area contributed by atoms with Crippen molar-refractivity contribution in [3.63, 3.8) is 0 Å². The van der Waals surface area contributed by atoms with Crippen molar-refractivity contribution in [2.75, 3.05) is 19.4 Å². The largest absolute Gasteiger partial charge is 0.468 e. The van der Waals surface area contributed by atoms with Gasteiger partial charge >= 0.3 is 5.97 Å². The molecule has 0 radical (unpaired) electrons. The van der Waals surface area contributed by atoms with Crippen LogP contribution in [0.25, 0.3) is 0 Å². The second-order valence-corrected chi connectivity index (χ2v) is 7.57. The normalized spacial score (nSPS) is 12.0. The Kier molecular flexibility index (Phi) is 5.77. The number of methoxy groups -OCH3 is 1. The Morgan fingerprint density at radius 1 is 1.43 bits per heavy atom. The first-order chi connectivity index (χ1) is 9.61. The summed E-state index contributed by atoms with van der Waals surface area (Å²) in [6.07, 6.45) is 0. The zero-order valence-electron chi connectivity index (χ0n) is 12.4. The average Bonchev–Trinajstić information content (AvgIpc) is 2.38. The highest BCUT2D eigenvalue weighted by Gasteiger charge is 2.31. The molecule has 0 amide bonds. The van der Waals surface area contributed by atoms with Gasteiger partial charge in [-0.15, -0.1) is 0 Å². The van der Waals surface area contributed by atoms with Crippen molar-refractivity contribution in [2.24, 2.45) is 0 Å². The Hall–Kier alpha value is -1.12. The molecule has 0 spiro atoms. The predicted molar refractivity (Wildman–Crippen MR) is 84.3 cm³/mol.